The third-order valence-corrected chi connectivity index (χ3v) is 5.49. The van der Waals surface area contributed by atoms with E-state index in [4.69, 9.17) is 23.4 Å². The van der Waals surface area contributed by atoms with Crippen LogP contribution in [0.25, 0.3) is 17.0 Å². The van der Waals surface area contributed by atoms with E-state index in [-0.39, 0.29) is 11.4 Å². The fourth-order valence-electron chi connectivity index (χ4n) is 3.75. The van der Waals surface area contributed by atoms with E-state index >= 15 is 0 Å². The number of nitrogens with one attached hydrogen (secondary N) is 2. The molecule has 1 heterocycles. The van der Waals surface area contributed by atoms with Crippen LogP contribution in [0.1, 0.15) is 16.1 Å². The number of benzene rings is 3. The third-order valence-electron chi connectivity index (χ3n) is 5.49. The fraction of sp³-hybridized carbons (Fsp3) is 0.143. The Morgan fingerprint density at radius 2 is 1.54 bits per heavy atom. The van der Waals surface area contributed by atoms with E-state index in [1.807, 2.05) is 0 Å². The van der Waals surface area contributed by atoms with Gasteiger partial charge in [-0.2, -0.15) is 0 Å². The lowest BCUT2D eigenvalue weighted by Gasteiger charge is -2.12. The summed E-state index contributed by atoms with van der Waals surface area (Å²) in [5.41, 5.74) is 1.89. The third kappa shape index (κ3) is 5.51. The molecule has 2 amide bonds. The van der Waals surface area contributed by atoms with Crippen LogP contribution in [-0.2, 0) is 4.79 Å². The maximum atomic E-state index is 13.1. The molecule has 0 aliphatic heterocycles. The summed E-state index contributed by atoms with van der Waals surface area (Å²) in [6.45, 7) is 0. The number of methoxy groups -OCH3 is 4. The fourth-order valence-corrected chi connectivity index (χ4v) is 3.75. The first-order valence-corrected chi connectivity index (χ1v) is 11.2. The molecule has 0 spiro atoms. The summed E-state index contributed by atoms with van der Waals surface area (Å²) >= 11 is 0. The zero-order valence-corrected chi connectivity index (χ0v) is 20.8. The van der Waals surface area contributed by atoms with Crippen molar-refractivity contribution in [2.24, 2.45) is 0 Å². The molecule has 0 radical (unpaired) electrons. The standard InChI is InChI=1S/C28H26N2O7/c1-33-19-9-7-8-18(16-19)29-28(32)27-25(20-10-5-6-11-21(20)37-27)30-24(31)13-12-17-14-22(34-2)26(36-4)23(15-17)35-3/h5-16H,1-4H3,(H,29,32)(H,30,31)/b13-12+. The first-order chi connectivity index (χ1) is 18.0. The van der Waals surface area contributed by atoms with Crippen LogP contribution in [0.3, 0.4) is 0 Å². The summed E-state index contributed by atoms with van der Waals surface area (Å²) in [6.07, 6.45) is 2.93. The molecule has 0 saturated heterocycles. The van der Waals surface area contributed by atoms with E-state index in [0.717, 1.165) is 0 Å². The van der Waals surface area contributed by atoms with E-state index in [2.05, 4.69) is 10.6 Å². The summed E-state index contributed by atoms with van der Waals surface area (Å²) in [5.74, 6) is 0.942. The monoisotopic (exact) mass is 502 g/mol. The first kappa shape index (κ1) is 25.2. The van der Waals surface area contributed by atoms with Gasteiger partial charge in [-0.15, -0.1) is 0 Å². The van der Waals surface area contributed by atoms with Gasteiger partial charge in [0.2, 0.25) is 17.4 Å². The highest BCUT2D eigenvalue weighted by Gasteiger charge is 2.22. The van der Waals surface area contributed by atoms with Crippen LogP contribution >= 0.6 is 0 Å². The average molecular weight is 503 g/mol. The van der Waals surface area contributed by atoms with Gasteiger partial charge in [-0.1, -0.05) is 18.2 Å². The van der Waals surface area contributed by atoms with Gasteiger partial charge >= 0.3 is 0 Å². The summed E-state index contributed by atoms with van der Waals surface area (Å²) in [7, 11) is 6.08. The SMILES string of the molecule is COc1cccc(NC(=O)c2oc3ccccc3c2NC(=O)/C=C/c2cc(OC)c(OC)c(OC)c2)c1. The molecule has 0 unspecified atom stereocenters. The average Bonchev–Trinajstić information content (AvgIpc) is 3.29. The Bertz CT molecular complexity index is 1450. The van der Waals surface area contributed by atoms with E-state index < -0.39 is 11.8 Å². The molecule has 4 aromatic rings. The molecule has 0 bridgehead atoms. The molecule has 190 valence electrons. The van der Waals surface area contributed by atoms with E-state index in [9.17, 15) is 9.59 Å². The normalized spacial score (nSPS) is 10.8. The molecule has 2 N–H and O–H groups in total. The smallest absolute Gasteiger partial charge is 0.293 e. The Kier molecular flexibility index (Phi) is 7.63. The van der Waals surface area contributed by atoms with Crippen molar-refractivity contribution >= 4 is 40.2 Å². The lowest BCUT2D eigenvalue weighted by Crippen LogP contribution is -2.15. The van der Waals surface area contributed by atoms with Crippen LogP contribution in [0.2, 0.25) is 0 Å². The minimum Gasteiger partial charge on any atom is -0.497 e. The number of fused-ring (bicyclic) bond motifs is 1. The summed E-state index contributed by atoms with van der Waals surface area (Å²) in [5, 5.41) is 6.15. The van der Waals surface area contributed by atoms with Gasteiger partial charge in [-0.3, -0.25) is 9.59 Å². The largest absolute Gasteiger partial charge is 0.497 e. The van der Waals surface area contributed by atoms with Crippen LogP contribution < -0.4 is 29.6 Å². The molecule has 4 rings (SSSR count). The highest BCUT2D eigenvalue weighted by molar-refractivity contribution is 6.16. The Morgan fingerprint density at radius 3 is 2.22 bits per heavy atom. The number of para-hydroxylation sites is 1. The maximum Gasteiger partial charge on any atom is 0.293 e. The molecule has 1 aromatic heterocycles. The van der Waals surface area contributed by atoms with Gasteiger partial charge in [0.15, 0.2) is 11.5 Å². The van der Waals surface area contributed by atoms with Gasteiger partial charge in [-0.05, 0) is 48.0 Å². The minimum absolute atomic E-state index is 0.0291. The second-order valence-electron chi connectivity index (χ2n) is 7.77. The van der Waals surface area contributed by atoms with Crippen molar-refractivity contribution in [3.63, 3.8) is 0 Å². The predicted molar refractivity (Wildman–Crippen MR) is 141 cm³/mol. The number of rotatable bonds is 9. The zero-order chi connectivity index (χ0) is 26.4. The Labute approximate surface area is 213 Å². The number of furan rings is 1. The molecule has 9 heteroatoms. The molecule has 0 saturated carbocycles. The molecule has 0 fully saturated rings. The predicted octanol–water partition coefficient (Wildman–Crippen LogP) is 5.37. The second kappa shape index (κ2) is 11.2. The zero-order valence-electron chi connectivity index (χ0n) is 20.8. The highest BCUT2D eigenvalue weighted by atomic mass is 16.5. The van der Waals surface area contributed by atoms with Crippen LogP contribution in [0, 0.1) is 0 Å². The topological polar surface area (TPSA) is 108 Å². The summed E-state index contributed by atoms with van der Waals surface area (Å²) in [6, 6.07) is 17.4. The first-order valence-electron chi connectivity index (χ1n) is 11.2. The van der Waals surface area contributed by atoms with Crippen LogP contribution in [0.4, 0.5) is 11.4 Å². The van der Waals surface area contributed by atoms with Crippen molar-refractivity contribution in [2.45, 2.75) is 0 Å². The second-order valence-corrected chi connectivity index (χ2v) is 7.77. The van der Waals surface area contributed by atoms with Gasteiger partial charge in [0.1, 0.15) is 17.0 Å². The number of amides is 2. The number of hydrogen-bond acceptors (Lipinski definition) is 7. The molecule has 0 atom stereocenters. The maximum absolute atomic E-state index is 13.1. The molecule has 0 aliphatic carbocycles. The number of hydrogen-bond donors (Lipinski definition) is 2. The quantitative estimate of drug-likeness (QED) is 0.296. The van der Waals surface area contributed by atoms with Crippen molar-refractivity contribution in [1.82, 2.24) is 0 Å². The van der Waals surface area contributed by atoms with Crippen LogP contribution in [-0.4, -0.2) is 40.3 Å². The van der Waals surface area contributed by atoms with Crippen LogP contribution in [0.5, 0.6) is 23.0 Å². The molecular weight excluding hydrogens is 476 g/mol. The lowest BCUT2D eigenvalue weighted by atomic mass is 10.1. The van der Waals surface area contributed by atoms with Gasteiger partial charge in [0, 0.05) is 23.2 Å². The minimum atomic E-state index is -0.520. The van der Waals surface area contributed by atoms with Gasteiger partial charge in [0.05, 0.1) is 28.4 Å². The highest BCUT2D eigenvalue weighted by Crippen LogP contribution is 2.38. The summed E-state index contributed by atoms with van der Waals surface area (Å²) < 4.78 is 27.1. The molecule has 3 aromatic carbocycles. The number of carbonyl (C=O) groups is 2. The van der Waals surface area contributed by atoms with Crippen LogP contribution in [0.15, 0.2) is 71.2 Å². The Morgan fingerprint density at radius 1 is 0.811 bits per heavy atom. The number of anilines is 2. The van der Waals surface area contributed by atoms with E-state index in [1.165, 1.54) is 27.4 Å². The van der Waals surface area contributed by atoms with Crippen molar-refractivity contribution in [3.8, 4) is 23.0 Å². The Hall–Kier alpha value is -4.92. The van der Waals surface area contributed by atoms with Crippen molar-refractivity contribution in [1.29, 1.82) is 0 Å². The van der Waals surface area contributed by atoms with Crippen molar-refractivity contribution in [2.75, 3.05) is 39.1 Å². The van der Waals surface area contributed by atoms with E-state index in [0.29, 0.717) is 45.2 Å². The lowest BCUT2D eigenvalue weighted by molar-refractivity contribution is -0.111. The summed E-state index contributed by atoms with van der Waals surface area (Å²) in [4.78, 5) is 26.0. The molecular formula is C28H26N2O7. The van der Waals surface area contributed by atoms with Gasteiger partial charge in [0.25, 0.3) is 5.91 Å². The van der Waals surface area contributed by atoms with Crippen molar-refractivity contribution in [3.05, 3.63) is 78.1 Å². The molecule has 0 aliphatic rings. The Balaban J connectivity index is 1.61. The van der Waals surface area contributed by atoms with Gasteiger partial charge < -0.3 is 34.0 Å². The molecule has 9 nitrogen and oxygen atoms in total. The number of ether oxygens (including phenoxy) is 4. The molecule has 37 heavy (non-hydrogen) atoms. The van der Waals surface area contributed by atoms with Gasteiger partial charge in [-0.25, -0.2) is 0 Å². The van der Waals surface area contributed by atoms with E-state index in [1.54, 1.807) is 73.8 Å². The van der Waals surface area contributed by atoms with Crippen molar-refractivity contribution < 1.29 is 33.0 Å². The number of carbonyl (C=O) groups excluding carboxylic acids is 2.